The molecule has 4 atom stereocenters. The van der Waals surface area contributed by atoms with E-state index in [2.05, 4.69) is 0 Å². The minimum absolute atomic E-state index is 0.119. The number of fused-ring (bicyclic) bond motifs is 5. The summed E-state index contributed by atoms with van der Waals surface area (Å²) in [6.07, 6.45) is 3.04. The first-order valence-electron chi connectivity index (χ1n) is 10.4. The number of carbonyl (C=O) groups excluding carboxylic acids is 4. The van der Waals surface area contributed by atoms with Crippen molar-refractivity contribution >= 4 is 40.9 Å². The third-order valence-corrected chi connectivity index (χ3v) is 7.04. The number of esters is 1. The van der Waals surface area contributed by atoms with Crippen molar-refractivity contribution in [3.63, 3.8) is 0 Å². The third-order valence-electron chi connectivity index (χ3n) is 6.79. The van der Waals surface area contributed by atoms with Crippen LogP contribution in [0.25, 0.3) is 0 Å². The number of benzene rings is 2. The normalized spacial score (nSPS) is 26.3. The Bertz CT molecular complexity index is 1050. The van der Waals surface area contributed by atoms with Crippen LogP contribution in [0.5, 0.6) is 0 Å². The number of Topliss-reactive ketones (excluding diaryl/α,β-unsaturated/α-hetero) is 1. The molecule has 0 unspecified atom stereocenters. The minimum Gasteiger partial charge on any atom is -0.454 e. The maximum absolute atomic E-state index is 12.9. The van der Waals surface area contributed by atoms with Crippen LogP contribution < -0.4 is 4.90 Å². The van der Waals surface area contributed by atoms with E-state index >= 15 is 0 Å². The maximum Gasteiger partial charge on any atom is 0.338 e. The molecule has 2 saturated carbocycles. The van der Waals surface area contributed by atoms with Gasteiger partial charge in [0, 0.05) is 10.6 Å². The number of ether oxygens (including phenoxy) is 1. The smallest absolute Gasteiger partial charge is 0.338 e. The van der Waals surface area contributed by atoms with E-state index in [1.54, 1.807) is 36.4 Å². The Labute approximate surface area is 184 Å². The van der Waals surface area contributed by atoms with E-state index in [0.29, 0.717) is 28.1 Å². The van der Waals surface area contributed by atoms with Crippen LogP contribution in [-0.2, 0) is 14.3 Å². The highest BCUT2D eigenvalue weighted by Crippen LogP contribution is 2.56. The summed E-state index contributed by atoms with van der Waals surface area (Å²) < 4.78 is 5.11. The van der Waals surface area contributed by atoms with Crippen molar-refractivity contribution in [3.8, 4) is 0 Å². The van der Waals surface area contributed by atoms with Crippen molar-refractivity contribution in [2.45, 2.75) is 19.3 Å². The van der Waals surface area contributed by atoms with E-state index in [9.17, 15) is 19.2 Å². The molecule has 158 valence electrons. The molecule has 2 aliphatic carbocycles. The summed E-state index contributed by atoms with van der Waals surface area (Å²) in [5.41, 5.74) is 1.11. The number of hydrogen-bond acceptors (Lipinski definition) is 5. The molecule has 6 nitrogen and oxygen atoms in total. The second-order valence-corrected chi connectivity index (χ2v) is 8.89. The van der Waals surface area contributed by atoms with Gasteiger partial charge in [-0.25, -0.2) is 4.79 Å². The van der Waals surface area contributed by atoms with E-state index in [1.165, 1.54) is 17.0 Å². The Morgan fingerprint density at radius 3 is 2.00 bits per heavy atom. The number of nitrogens with zero attached hydrogens (tertiary/aromatic N) is 1. The summed E-state index contributed by atoms with van der Waals surface area (Å²) in [5.74, 6) is -0.951. The van der Waals surface area contributed by atoms with Crippen LogP contribution in [0.2, 0.25) is 5.02 Å². The molecule has 2 aromatic carbocycles. The number of amides is 2. The summed E-state index contributed by atoms with van der Waals surface area (Å²) in [5, 5.41) is 0.514. The standard InChI is InChI=1S/C24H20ClNO5/c25-17-7-3-13(4-8-17)19(27)12-31-24(30)14-5-9-18(10-6-14)26-22(28)20-15-1-2-16(11-15)21(20)23(26)29/h3-10,15-16,20-21H,1-2,11-12H2/t15-,16-,20-,21+/m1/s1. The van der Waals surface area contributed by atoms with Crippen LogP contribution in [0.4, 0.5) is 5.69 Å². The van der Waals surface area contributed by atoms with Crippen LogP contribution in [0.3, 0.4) is 0 Å². The molecule has 3 fully saturated rings. The Morgan fingerprint density at radius 2 is 1.42 bits per heavy atom. The lowest BCUT2D eigenvalue weighted by molar-refractivity contribution is -0.123. The van der Waals surface area contributed by atoms with Crippen molar-refractivity contribution < 1.29 is 23.9 Å². The molecule has 0 spiro atoms. The zero-order valence-corrected chi connectivity index (χ0v) is 17.4. The predicted molar refractivity (Wildman–Crippen MR) is 113 cm³/mol. The van der Waals surface area contributed by atoms with Crippen molar-refractivity contribution in [1.82, 2.24) is 0 Å². The monoisotopic (exact) mass is 437 g/mol. The number of ketones is 1. The third kappa shape index (κ3) is 3.35. The number of hydrogen-bond donors (Lipinski definition) is 0. The van der Waals surface area contributed by atoms with Crippen molar-refractivity contribution in [1.29, 1.82) is 0 Å². The highest BCUT2D eigenvalue weighted by atomic mass is 35.5. The second-order valence-electron chi connectivity index (χ2n) is 8.45. The quantitative estimate of drug-likeness (QED) is 0.402. The minimum atomic E-state index is -0.650. The molecule has 31 heavy (non-hydrogen) atoms. The lowest BCUT2D eigenvalue weighted by Crippen LogP contribution is -2.32. The van der Waals surface area contributed by atoms with Crippen LogP contribution >= 0.6 is 11.6 Å². The Hall–Kier alpha value is -2.99. The average Bonchev–Trinajstić information content (AvgIpc) is 3.46. The van der Waals surface area contributed by atoms with Gasteiger partial charge in [-0.3, -0.25) is 19.3 Å². The molecule has 2 aromatic rings. The highest BCUT2D eigenvalue weighted by molar-refractivity contribution is 6.30. The Kier molecular flexibility index (Phi) is 4.89. The van der Waals surface area contributed by atoms with E-state index in [-0.39, 0.29) is 35.0 Å². The Morgan fingerprint density at radius 1 is 0.871 bits per heavy atom. The summed E-state index contributed by atoms with van der Waals surface area (Å²) in [6, 6.07) is 12.5. The number of anilines is 1. The fourth-order valence-corrected chi connectivity index (χ4v) is 5.47. The predicted octanol–water partition coefficient (Wildman–Crippen LogP) is 3.92. The first-order chi connectivity index (χ1) is 14.9. The van der Waals surface area contributed by atoms with Gasteiger partial charge in [0.15, 0.2) is 12.4 Å². The second kappa shape index (κ2) is 7.61. The molecule has 3 aliphatic rings. The largest absolute Gasteiger partial charge is 0.454 e. The van der Waals surface area contributed by atoms with Gasteiger partial charge in [-0.05, 0) is 79.6 Å². The van der Waals surface area contributed by atoms with Gasteiger partial charge in [-0.15, -0.1) is 0 Å². The van der Waals surface area contributed by atoms with Crippen LogP contribution in [-0.4, -0.2) is 30.2 Å². The van der Waals surface area contributed by atoms with Crippen LogP contribution in [0.15, 0.2) is 48.5 Å². The molecule has 2 bridgehead atoms. The van der Waals surface area contributed by atoms with E-state index in [0.717, 1.165) is 19.3 Å². The topological polar surface area (TPSA) is 80.8 Å². The SMILES string of the molecule is O=C(COC(=O)c1ccc(N2C(=O)[C@@H]3[C@@H]4CC[C@H](C4)[C@@H]3C2=O)cc1)c1ccc(Cl)cc1. The molecular weight excluding hydrogens is 418 g/mol. The molecule has 5 rings (SSSR count). The summed E-state index contributed by atoms with van der Waals surface area (Å²) >= 11 is 5.80. The maximum atomic E-state index is 12.9. The number of imide groups is 1. The molecule has 7 heteroatoms. The zero-order valence-electron chi connectivity index (χ0n) is 16.6. The molecule has 1 saturated heterocycles. The van der Waals surface area contributed by atoms with Crippen LogP contribution in [0.1, 0.15) is 40.0 Å². The van der Waals surface area contributed by atoms with E-state index in [4.69, 9.17) is 16.3 Å². The number of halogens is 1. The van der Waals surface area contributed by atoms with E-state index < -0.39 is 12.6 Å². The summed E-state index contributed by atoms with van der Waals surface area (Å²) in [7, 11) is 0. The van der Waals surface area contributed by atoms with Crippen molar-refractivity contribution in [2.24, 2.45) is 23.7 Å². The zero-order chi connectivity index (χ0) is 21.7. The lowest BCUT2D eigenvalue weighted by atomic mass is 9.81. The molecule has 0 N–H and O–H groups in total. The van der Waals surface area contributed by atoms with Gasteiger partial charge in [0.25, 0.3) is 0 Å². The summed E-state index contributed by atoms with van der Waals surface area (Å²) in [4.78, 5) is 51.5. The van der Waals surface area contributed by atoms with Crippen molar-refractivity contribution in [2.75, 3.05) is 11.5 Å². The van der Waals surface area contributed by atoms with Gasteiger partial charge in [0.1, 0.15) is 0 Å². The molecule has 1 heterocycles. The average molecular weight is 438 g/mol. The molecule has 1 aliphatic heterocycles. The Balaban J connectivity index is 1.24. The van der Waals surface area contributed by atoms with Gasteiger partial charge in [-0.2, -0.15) is 0 Å². The molecule has 0 aromatic heterocycles. The molecular formula is C24H20ClNO5. The fourth-order valence-electron chi connectivity index (χ4n) is 5.34. The van der Waals surface area contributed by atoms with E-state index in [1.807, 2.05) is 0 Å². The number of rotatable bonds is 5. The molecule has 0 radical (unpaired) electrons. The first-order valence-corrected chi connectivity index (χ1v) is 10.8. The van der Waals surface area contributed by atoms with Crippen LogP contribution in [0, 0.1) is 23.7 Å². The highest BCUT2D eigenvalue weighted by Gasteiger charge is 2.61. The van der Waals surface area contributed by atoms with Crippen molar-refractivity contribution in [3.05, 3.63) is 64.7 Å². The van der Waals surface area contributed by atoms with Gasteiger partial charge >= 0.3 is 5.97 Å². The van der Waals surface area contributed by atoms with Gasteiger partial charge in [-0.1, -0.05) is 11.6 Å². The van der Waals surface area contributed by atoms with Gasteiger partial charge in [0.05, 0.1) is 23.1 Å². The lowest BCUT2D eigenvalue weighted by Gasteiger charge is -2.19. The molecule has 2 amide bonds. The summed E-state index contributed by atoms with van der Waals surface area (Å²) in [6.45, 7) is -0.391. The fraction of sp³-hybridized carbons (Fsp3) is 0.333. The van der Waals surface area contributed by atoms with Gasteiger partial charge in [0.2, 0.25) is 11.8 Å². The van der Waals surface area contributed by atoms with Gasteiger partial charge < -0.3 is 4.74 Å². The number of carbonyl (C=O) groups is 4. The first kappa shape index (κ1) is 19.9.